The topological polar surface area (TPSA) is 47.6 Å². The first-order valence-corrected chi connectivity index (χ1v) is 7.60. The molecule has 0 radical (unpaired) electrons. The van der Waals surface area contributed by atoms with Crippen LogP contribution in [-0.4, -0.2) is 19.1 Å². The van der Waals surface area contributed by atoms with Crippen molar-refractivity contribution in [3.05, 3.63) is 58.9 Å². The van der Waals surface area contributed by atoms with Crippen molar-refractivity contribution in [3.63, 3.8) is 0 Å². The number of alkyl halides is 4. The highest BCUT2D eigenvalue weighted by Crippen LogP contribution is 2.29. The Morgan fingerprint density at radius 2 is 1.74 bits per heavy atom. The fraction of sp³-hybridized carbons (Fsp3) is 0.118. The smallest absolute Gasteiger partial charge is 0.387 e. The molecule has 0 fully saturated rings. The molecule has 0 saturated heterocycles. The van der Waals surface area contributed by atoms with Gasteiger partial charge >= 0.3 is 13.2 Å². The molecule has 0 aliphatic carbocycles. The molecular formula is C17H11ClF5NO3. The summed E-state index contributed by atoms with van der Waals surface area (Å²) >= 11 is 5.77. The number of halogens is 6. The van der Waals surface area contributed by atoms with E-state index in [9.17, 15) is 26.7 Å². The van der Waals surface area contributed by atoms with Crippen LogP contribution in [-0.2, 0) is 4.79 Å². The summed E-state index contributed by atoms with van der Waals surface area (Å²) in [6, 6.07) is 6.42. The molecule has 0 spiro atoms. The molecule has 0 aliphatic rings. The molecule has 0 unspecified atom stereocenters. The van der Waals surface area contributed by atoms with E-state index in [2.05, 4.69) is 14.8 Å². The van der Waals surface area contributed by atoms with Gasteiger partial charge in [0.15, 0.2) is 0 Å². The fourth-order valence-corrected chi connectivity index (χ4v) is 2.17. The number of nitrogens with one attached hydrogen (secondary N) is 1. The third kappa shape index (κ3) is 6.45. The second kappa shape index (κ2) is 9.22. The van der Waals surface area contributed by atoms with Gasteiger partial charge in [-0.05, 0) is 36.4 Å². The molecule has 0 saturated carbocycles. The normalized spacial score (nSPS) is 11.3. The molecule has 2 rings (SSSR count). The molecule has 2 aromatic carbocycles. The van der Waals surface area contributed by atoms with Gasteiger partial charge in [-0.15, -0.1) is 0 Å². The lowest BCUT2D eigenvalue weighted by atomic mass is 10.1. The van der Waals surface area contributed by atoms with E-state index >= 15 is 0 Å². The maximum absolute atomic E-state index is 13.0. The zero-order chi connectivity index (χ0) is 20.0. The van der Waals surface area contributed by atoms with Crippen molar-refractivity contribution in [3.8, 4) is 11.5 Å². The summed E-state index contributed by atoms with van der Waals surface area (Å²) in [6.45, 7) is -6.36. The van der Waals surface area contributed by atoms with Crippen LogP contribution in [0.4, 0.5) is 27.6 Å². The fourth-order valence-electron chi connectivity index (χ4n) is 1.96. The number of hydrogen-bond donors (Lipinski definition) is 1. The first kappa shape index (κ1) is 20.5. The van der Waals surface area contributed by atoms with Crippen LogP contribution in [0.1, 0.15) is 5.56 Å². The average Bonchev–Trinajstić information content (AvgIpc) is 2.55. The van der Waals surface area contributed by atoms with Gasteiger partial charge in [-0.1, -0.05) is 11.6 Å². The largest absolute Gasteiger partial charge is 0.435 e. The summed E-state index contributed by atoms with van der Waals surface area (Å²) in [7, 11) is 0. The van der Waals surface area contributed by atoms with E-state index in [1.165, 1.54) is 6.07 Å². The van der Waals surface area contributed by atoms with Crippen LogP contribution < -0.4 is 14.8 Å². The second-order valence-electron chi connectivity index (χ2n) is 4.90. The van der Waals surface area contributed by atoms with Crippen LogP contribution in [0.25, 0.3) is 6.08 Å². The minimum absolute atomic E-state index is 0.0114. The molecule has 0 aromatic heterocycles. The number of ether oxygens (including phenoxy) is 2. The van der Waals surface area contributed by atoms with Gasteiger partial charge in [0.25, 0.3) is 0 Å². The molecule has 0 aliphatic heterocycles. The summed E-state index contributed by atoms with van der Waals surface area (Å²) in [4.78, 5) is 11.9. The predicted molar refractivity (Wildman–Crippen MR) is 88.8 cm³/mol. The van der Waals surface area contributed by atoms with Gasteiger partial charge in [0.1, 0.15) is 17.3 Å². The Hall–Kier alpha value is -2.81. The number of anilines is 1. The monoisotopic (exact) mass is 407 g/mol. The second-order valence-corrected chi connectivity index (χ2v) is 5.31. The maximum Gasteiger partial charge on any atom is 0.387 e. The highest BCUT2D eigenvalue weighted by molar-refractivity contribution is 6.33. The summed E-state index contributed by atoms with van der Waals surface area (Å²) in [5, 5.41) is 2.33. The molecule has 1 N–H and O–H groups in total. The van der Waals surface area contributed by atoms with Crippen molar-refractivity contribution in [1.29, 1.82) is 0 Å². The number of carbonyl (C=O) groups excluding carboxylic acids is 1. The lowest BCUT2D eigenvalue weighted by molar-refractivity contribution is -0.111. The van der Waals surface area contributed by atoms with Crippen LogP contribution in [0.5, 0.6) is 11.5 Å². The van der Waals surface area contributed by atoms with Gasteiger partial charge in [-0.2, -0.15) is 17.6 Å². The number of carbonyl (C=O) groups is 1. The Bertz CT molecular complexity index is 845. The van der Waals surface area contributed by atoms with Crippen LogP contribution in [0, 0.1) is 5.82 Å². The lowest BCUT2D eigenvalue weighted by Crippen LogP contribution is -2.08. The van der Waals surface area contributed by atoms with Gasteiger partial charge in [-0.25, -0.2) is 4.39 Å². The molecule has 1 amide bonds. The van der Waals surface area contributed by atoms with E-state index < -0.39 is 30.7 Å². The predicted octanol–water partition coefficient (Wildman–Crippen LogP) is 5.33. The molecule has 0 bridgehead atoms. The SMILES string of the molecule is O=C(/C=C/c1ccc(OC(F)F)cc1OC(F)F)Nc1ccc(F)cc1Cl. The number of hydrogen-bond acceptors (Lipinski definition) is 3. The zero-order valence-corrected chi connectivity index (χ0v) is 14.0. The highest BCUT2D eigenvalue weighted by atomic mass is 35.5. The molecular weight excluding hydrogens is 397 g/mol. The van der Waals surface area contributed by atoms with Crippen molar-refractivity contribution < 1.29 is 36.2 Å². The number of benzene rings is 2. The quantitative estimate of drug-likeness (QED) is 0.498. The maximum atomic E-state index is 13.0. The van der Waals surface area contributed by atoms with Crippen molar-refractivity contribution in [2.45, 2.75) is 13.2 Å². The first-order valence-electron chi connectivity index (χ1n) is 7.22. The Balaban J connectivity index is 2.17. The van der Waals surface area contributed by atoms with E-state index in [0.717, 1.165) is 42.5 Å². The Kier molecular flexibility index (Phi) is 7.00. The average molecular weight is 408 g/mol. The van der Waals surface area contributed by atoms with Crippen LogP contribution in [0.2, 0.25) is 5.02 Å². The minimum atomic E-state index is -3.22. The van der Waals surface area contributed by atoms with Crippen molar-refractivity contribution in [1.82, 2.24) is 0 Å². The zero-order valence-electron chi connectivity index (χ0n) is 13.3. The Morgan fingerprint density at radius 3 is 2.37 bits per heavy atom. The number of rotatable bonds is 7. The minimum Gasteiger partial charge on any atom is -0.435 e. The molecule has 10 heteroatoms. The van der Waals surface area contributed by atoms with Gasteiger partial charge in [0.2, 0.25) is 5.91 Å². The van der Waals surface area contributed by atoms with Crippen molar-refractivity contribution >= 4 is 29.3 Å². The van der Waals surface area contributed by atoms with E-state index in [1.54, 1.807) is 0 Å². The molecule has 144 valence electrons. The molecule has 0 heterocycles. The number of amides is 1. The van der Waals surface area contributed by atoms with Gasteiger partial charge in [0.05, 0.1) is 10.7 Å². The van der Waals surface area contributed by atoms with Crippen LogP contribution >= 0.6 is 11.6 Å². The van der Waals surface area contributed by atoms with Crippen LogP contribution in [0.3, 0.4) is 0 Å². The molecule has 2 aromatic rings. The van der Waals surface area contributed by atoms with Crippen molar-refractivity contribution in [2.75, 3.05) is 5.32 Å². The third-order valence-corrected chi connectivity index (χ3v) is 3.34. The molecule has 27 heavy (non-hydrogen) atoms. The highest BCUT2D eigenvalue weighted by Gasteiger charge is 2.12. The van der Waals surface area contributed by atoms with Gasteiger partial charge in [0, 0.05) is 17.7 Å². The summed E-state index contributed by atoms with van der Waals surface area (Å²) in [5.74, 6) is -2.14. The van der Waals surface area contributed by atoms with E-state index in [1.807, 2.05) is 0 Å². The lowest BCUT2D eigenvalue weighted by Gasteiger charge is -2.11. The van der Waals surface area contributed by atoms with Crippen molar-refractivity contribution in [2.24, 2.45) is 0 Å². The van der Waals surface area contributed by atoms with E-state index in [-0.39, 0.29) is 22.0 Å². The van der Waals surface area contributed by atoms with Gasteiger partial charge in [-0.3, -0.25) is 4.79 Å². The van der Waals surface area contributed by atoms with E-state index in [4.69, 9.17) is 11.6 Å². The van der Waals surface area contributed by atoms with E-state index in [0.29, 0.717) is 0 Å². The molecule has 0 atom stereocenters. The summed E-state index contributed by atoms with van der Waals surface area (Å²) < 4.78 is 70.8. The van der Waals surface area contributed by atoms with Crippen LogP contribution in [0.15, 0.2) is 42.5 Å². The standard InChI is InChI=1S/C17H11ClF5NO3/c18-12-7-10(19)3-5-13(12)24-15(25)6-2-9-1-4-11(26-16(20)21)8-14(9)27-17(22)23/h1-8,16-17H,(H,24,25)/b6-2+. The Morgan fingerprint density at radius 1 is 1.04 bits per heavy atom. The summed E-state index contributed by atoms with van der Waals surface area (Å²) in [6.07, 6.45) is 2.09. The summed E-state index contributed by atoms with van der Waals surface area (Å²) in [5.41, 5.74) is 0.148. The third-order valence-electron chi connectivity index (χ3n) is 3.03. The Labute approximate surface area is 155 Å². The molecule has 4 nitrogen and oxygen atoms in total. The van der Waals surface area contributed by atoms with Gasteiger partial charge < -0.3 is 14.8 Å². The first-order chi connectivity index (χ1) is 12.7.